The van der Waals surface area contributed by atoms with Gasteiger partial charge in [0.05, 0.1) is 5.69 Å². The highest BCUT2D eigenvalue weighted by Gasteiger charge is 2.26. The van der Waals surface area contributed by atoms with Gasteiger partial charge in [-0.3, -0.25) is 0 Å². The molecule has 1 aromatic rings. The van der Waals surface area contributed by atoms with Crippen molar-refractivity contribution in [2.75, 3.05) is 38.1 Å². The number of likely N-dealkylation sites (N-methyl/N-ethyl adjacent to an activating group) is 1. The quantitative estimate of drug-likeness (QED) is 0.746. The average Bonchev–Trinajstić information content (AvgIpc) is 2.66. The van der Waals surface area contributed by atoms with Gasteiger partial charge in [0.1, 0.15) is 5.00 Å². The second-order valence-electron chi connectivity index (χ2n) is 5.50. The van der Waals surface area contributed by atoms with Crippen molar-refractivity contribution in [3.63, 3.8) is 0 Å². The molecule has 16 heavy (non-hydrogen) atoms. The summed E-state index contributed by atoms with van der Waals surface area (Å²) in [6.45, 7) is 11.1. The first-order chi connectivity index (χ1) is 7.48. The fraction of sp³-hybridized carbons (Fsp3) is 0.750. The van der Waals surface area contributed by atoms with E-state index in [-0.39, 0.29) is 5.41 Å². The van der Waals surface area contributed by atoms with E-state index in [1.54, 1.807) is 11.3 Å². The van der Waals surface area contributed by atoms with Crippen molar-refractivity contribution in [3.05, 3.63) is 11.2 Å². The maximum absolute atomic E-state index is 4.42. The molecule has 0 saturated carbocycles. The van der Waals surface area contributed by atoms with Crippen LogP contribution in [0.5, 0.6) is 0 Å². The monoisotopic (exact) mass is 238 g/mol. The fourth-order valence-corrected chi connectivity index (χ4v) is 2.90. The summed E-state index contributed by atoms with van der Waals surface area (Å²) < 4.78 is 0. The van der Waals surface area contributed by atoms with Crippen molar-refractivity contribution in [1.82, 2.24) is 9.88 Å². The van der Waals surface area contributed by atoms with E-state index in [1.807, 2.05) is 0 Å². The van der Waals surface area contributed by atoms with Crippen molar-refractivity contribution < 1.29 is 0 Å². The highest BCUT2D eigenvalue weighted by atomic mass is 32.1. The molecule has 4 heteroatoms. The molecule has 1 aliphatic rings. The van der Waals surface area contributed by atoms with E-state index in [0.717, 1.165) is 26.2 Å². The van der Waals surface area contributed by atoms with Crippen LogP contribution in [0.3, 0.4) is 0 Å². The zero-order chi connectivity index (χ0) is 11.8. The third-order valence-electron chi connectivity index (χ3n) is 3.00. The Morgan fingerprint density at radius 3 is 2.38 bits per heavy atom. The molecule has 0 amide bonds. The van der Waals surface area contributed by atoms with Crippen LogP contribution in [0.4, 0.5) is 5.00 Å². The van der Waals surface area contributed by atoms with E-state index in [1.165, 1.54) is 10.7 Å². The van der Waals surface area contributed by atoms with Gasteiger partial charge in [-0.2, -0.15) is 0 Å². The van der Waals surface area contributed by atoms with E-state index in [4.69, 9.17) is 0 Å². The van der Waals surface area contributed by atoms with Gasteiger partial charge < -0.3 is 9.80 Å². The van der Waals surface area contributed by atoms with Crippen LogP contribution in [0, 0.1) is 5.51 Å². The van der Waals surface area contributed by atoms with Gasteiger partial charge >= 0.3 is 0 Å². The minimum Gasteiger partial charge on any atom is -0.359 e. The Morgan fingerprint density at radius 2 is 1.81 bits per heavy atom. The van der Waals surface area contributed by atoms with Crippen molar-refractivity contribution in [1.29, 1.82) is 0 Å². The summed E-state index contributed by atoms with van der Waals surface area (Å²) in [6, 6.07) is 0. The summed E-state index contributed by atoms with van der Waals surface area (Å²) in [5, 5.41) is 1.32. The highest BCUT2D eigenvalue weighted by molar-refractivity contribution is 7.13. The minimum absolute atomic E-state index is 0.120. The molecule has 0 aliphatic carbocycles. The van der Waals surface area contributed by atoms with Crippen LogP contribution in [0.25, 0.3) is 0 Å². The lowest BCUT2D eigenvalue weighted by molar-refractivity contribution is 0.313. The Morgan fingerprint density at radius 1 is 1.19 bits per heavy atom. The first-order valence-corrected chi connectivity index (χ1v) is 6.61. The lowest BCUT2D eigenvalue weighted by atomic mass is 9.92. The predicted molar refractivity (Wildman–Crippen MR) is 69.4 cm³/mol. The molecule has 0 spiro atoms. The van der Waals surface area contributed by atoms with Gasteiger partial charge in [0.25, 0.3) is 0 Å². The third-order valence-corrected chi connectivity index (χ3v) is 3.83. The van der Waals surface area contributed by atoms with Crippen LogP contribution in [-0.4, -0.2) is 43.1 Å². The molecule has 1 aromatic heterocycles. The lowest BCUT2D eigenvalue weighted by Gasteiger charge is -2.34. The zero-order valence-electron chi connectivity index (χ0n) is 10.6. The van der Waals surface area contributed by atoms with Gasteiger partial charge in [-0.05, 0) is 7.05 Å². The number of rotatable bonds is 1. The summed E-state index contributed by atoms with van der Waals surface area (Å²) in [6.07, 6.45) is 0. The second-order valence-corrected chi connectivity index (χ2v) is 6.27. The Balaban J connectivity index is 2.18. The van der Waals surface area contributed by atoms with Crippen molar-refractivity contribution in [2.24, 2.45) is 0 Å². The van der Waals surface area contributed by atoms with Crippen molar-refractivity contribution >= 4 is 16.3 Å². The van der Waals surface area contributed by atoms with Crippen LogP contribution < -0.4 is 4.90 Å². The number of anilines is 1. The van der Waals surface area contributed by atoms with Gasteiger partial charge in [0.2, 0.25) is 0 Å². The Hall–Kier alpha value is -0.610. The molecule has 1 saturated heterocycles. The number of hydrogen-bond acceptors (Lipinski definition) is 4. The Bertz CT molecular complexity index is 345. The van der Waals surface area contributed by atoms with Crippen LogP contribution in [0.15, 0.2) is 0 Å². The summed E-state index contributed by atoms with van der Waals surface area (Å²) in [4.78, 5) is 9.25. The zero-order valence-corrected chi connectivity index (χ0v) is 11.4. The molecule has 2 heterocycles. The molecule has 89 valence electrons. The highest BCUT2D eigenvalue weighted by Crippen LogP contribution is 2.34. The normalized spacial score (nSPS) is 19.1. The molecule has 1 radical (unpaired) electrons. The average molecular weight is 238 g/mol. The Kier molecular flexibility index (Phi) is 3.22. The maximum Gasteiger partial charge on any atom is 0.154 e. The van der Waals surface area contributed by atoms with Crippen LogP contribution in [-0.2, 0) is 5.41 Å². The smallest absolute Gasteiger partial charge is 0.154 e. The summed E-state index contributed by atoms with van der Waals surface area (Å²) in [5.74, 6) is 0. The van der Waals surface area contributed by atoms with E-state index in [0.29, 0.717) is 0 Å². The fourth-order valence-electron chi connectivity index (χ4n) is 1.92. The van der Waals surface area contributed by atoms with Crippen molar-refractivity contribution in [3.8, 4) is 0 Å². The van der Waals surface area contributed by atoms with Gasteiger partial charge in [-0.1, -0.05) is 32.1 Å². The first-order valence-electron chi connectivity index (χ1n) is 5.79. The number of aromatic nitrogens is 1. The largest absolute Gasteiger partial charge is 0.359 e. The number of piperazine rings is 1. The summed E-state index contributed by atoms with van der Waals surface area (Å²) in [7, 11) is 2.18. The van der Waals surface area contributed by atoms with E-state index < -0.39 is 0 Å². The van der Waals surface area contributed by atoms with Crippen LogP contribution in [0.1, 0.15) is 26.5 Å². The van der Waals surface area contributed by atoms with E-state index >= 15 is 0 Å². The topological polar surface area (TPSA) is 19.4 Å². The molecule has 0 N–H and O–H groups in total. The molecule has 2 rings (SSSR count). The predicted octanol–water partition coefficient (Wildman–Crippen LogP) is 1.99. The number of nitrogens with zero attached hydrogens (tertiary/aromatic N) is 3. The standard InChI is InChI=1S/C12H20N3S/c1-12(2,3)10-11(16-9-13-10)15-7-5-14(4)6-8-15/h5-8H2,1-4H3. The first kappa shape index (κ1) is 11.9. The van der Waals surface area contributed by atoms with Crippen LogP contribution in [0.2, 0.25) is 0 Å². The van der Waals surface area contributed by atoms with E-state index in [2.05, 4.69) is 48.1 Å². The van der Waals surface area contributed by atoms with Crippen LogP contribution >= 0.6 is 11.3 Å². The van der Waals surface area contributed by atoms with Crippen molar-refractivity contribution in [2.45, 2.75) is 26.2 Å². The molecule has 1 fully saturated rings. The number of thiazole rings is 1. The van der Waals surface area contributed by atoms with Gasteiger partial charge in [-0.25, -0.2) is 4.98 Å². The molecule has 0 bridgehead atoms. The molecule has 0 unspecified atom stereocenters. The SMILES string of the molecule is CN1CCN(c2s[c]nc2C(C)(C)C)CC1. The molecule has 1 aliphatic heterocycles. The Labute approximate surface area is 102 Å². The number of hydrogen-bond donors (Lipinski definition) is 0. The summed E-state index contributed by atoms with van der Waals surface area (Å²) in [5.41, 5.74) is 4.37. The maximum atomic E-state index is 4.42. The molecule has 0 atom stereocenters. The molecular weight excluding hydrogens is 218 g/mol. The second kappa shape index (κ2) is 4.34. The molecular formula is C12H20N3S. The van der Waals surface area contributed by atoms with E-state index in [9.17, 15) is 0 Å². The van der Waals surface area contributed by atoms with Gasteiger partial charge in [0, 0.05) is 31.6 Å². The van der Waals surface area contributed by atoms with Gasteiger partial charge in [-0.15, -0.1) is 0 Å². The van der Waals surface area contributed by atoms with Gasteiger partial charge in [0.15, 0.2) is 5.51 Å². The molecule has 3 nitrogen and oxygen atoms in total. The summed E-state index contributed by atoms with van der Waals surface area (Å²) >= 11 is 1.66. The molecule has 0 aromatic carbocycles. The minimum atomic E-state index is 0.120. The lowest BCUT2D eigenvalue weighted by Crippen LogP contribution is -2.44. The third kappa shape index (κ3) is 2.38.